The van der Waals surface area contributed by atoms with Crippen molar-refractivity contribution in [3.8, 4) is 0 Å². The van der Waals surface area contributed by atoms with Gasteiger partial charge >= 0.3 is 5.69 Å². The van der Waals surface area contributed by atoms with Crippen LogP contribution in [0.15, 0.2) is 47.3 Å². The number of rotatable bonds is 4. The van der Waals surface area contributed by atoms with E-state index in [9.17, 15) is 9.59 Å². The second kappa shape index (κ2) is 6.39. The summed E-state index contributed by atoms with van der Waals surface area (Å²) in [5.74, 6) is -0.0485. The first-order chi connectivity index (χ1) is 11.0. The molecule has 2 aromatic carbocycles. The van der Waals surface area contributed by atoms with Crippen molar-refractivity contribution in [1.29, 1.82) is 0 Å². The van der Waals surface area contributed by atoms with Gasteiger partial charge < -0.3 is 10.3 Å². The summed E-state index contributed by atoms with van der Waals surface area (Å²) in [5.41, 5.74) is 3.68. The molecule has 3 aromatic rings. The number of nitrogens with one attached hydrogen (secondary N) is 2. The lowest BCUT2D eigenvalue weighted by molar-refractivity contribution is -0.119. The number of aromatic amines is 1. The molecule has 0 saturated carbocycles. The number of hydrogen-bond acceptors (Lipinski definition) is 2. The summed E-state index contributed by atoms with van der Waals surface area (Å²) < 4.78 is 1.73. The van der Waals surface area contributed by atoms with E-state index < -0.39 is 0 Å². The highest BCUT2D eigenvalue weighted by atomic mass is 31.0. The van der Waals surface area contributed by atoms with E-state index >= 15 is 0 Å². The van der Waals surface area contributed by atoms with Crippen molar-refractivity contribution < 1.29 is 4.79 Å². The molecular formula is C17H18N3O2P. The largest absolute Gasteiger partial charge is 0.352 e. The molecule has 5 nitrogen and oxygen atoms in total. The van der Waals surface area contributed by atoms with E-state index in [0.717, 1.165) is 27.5 Å². The second-order valence-electron chi connectivity index (χ2n) is 5.52. The van der Waals surface area contributed by atoms with Crippen LogP contribution >= 0.6 is 9.24 Å². The minimum absolute atomic E-state index is 0.0485. The van der Waals surface area contributed by atoms with Crippen LogP contribution in [0.1, 0.15) is 18.1 Å². The predicted molar refractivity (Wildman–Crippen MR) is 95.0 cm³/mol. The topological polar surface area (TPSA) is 66.9 Å². The van der Waals surface area contributed by atoms with E-state index in [4.69, 9.17) is 0 Å². The van der Waals surface area contributed by atoms with Gasteiger partial charge in [-0.1, -0.05) is 30.3 Å². The molecule has 0 saturated heterocycles. The summed E-state index contributed by atoms with van der Waals surface area (Å²) in [4.78, 5) is 26.0. The zero-order chi connectivity index (χ0) is 16.4. The maximum atomic E-state index is 12.2. The molecule has 0 bridgehead atoms. The first-order valence-electron chi connectivity index (χ1n) is 7.33. The molecule has 0 aliphatic heterocycles. The molecule has 1 heterocycles. The highest BCUT2D eigenvalue weighted by Crippen LogP contribution is 2.12. The van der Waals surface area contributed by atoms with Gasteiger partial charge in [0.1, 0.15) is 0 Å². The molecule has 0 aliphatic rings. The number of amides is 1. The fourth-order valence-electron chi connectivity index (χ4n) is 2.50. The van der Waals surface area contributed by atoms with Crippen molar-refractivity contribution in [3.05, 3.63) is 64.1 Å². The molecule has 1 atom stereocenters. The fraction of sp³-hybridized carbons (Fsp3) is 0.176. The quantitative estimate of drug-likeness (QED) is 0.714. The number of nitrogens with zero attached hydrogens (tertiary/aromatic N) is 1. The van der Waals surface area contributed by atoms with Gasteiger partial charge in [-0.2, -0.15) is 0 Å². The molecule has 2 N–H and O–H groups in total. The molecular weight excluding hydrogens is 309 g/mol. The number of H-pyrrole nitrogens is 1. The van der Waals surface area contributed by atoms with Crippen molar-refractivity contribution in [2.45, 2.75) is 20.0 Å². The summed E-state index contributed by atoms with van der Waals surface area (Å²) in [6, 6.07) is 13.7. The number of hydrogen-bond donors (Lipinski definition) is 2. The summed E-state index contributed by atoms with van der Waals surface area (Å²) >= 11 is 0. The minimum Gasteiger partial charge on any atom is -0.352 e. The van der Waals surface area contributed by atoms with Gasteiger partial charge in [-0.25, -0.2) is 4.79 Å². The summed E-state index contributed by atoms with van der Waals surface area (Å²) in [6.45, 7) is 2.52. The third-order valence-corrected chi connectivity index (χ3v) is 4.06. The van der Waals surface area contributed by atoms with Crippen LogP contribution in [0, 0.1) is 0 Å². The molecule has 1 aromatic heterocycles. The van der Waals surface area contributed by atoms with Crippen LogP contribution < -0.4 is 16.3 Å². The van der Waals surface area contributed by atoms with Crippen molar-refractivity contribution in [2.75, 3.05) is 0 Å². The Kier molecular flexibility index (Phi) is 4.30. The highest BCUT2D eigenvalue weighted by molar-refractivity contribution is 7.27. The lowest BCUT2D eigenvalue weighted by atomic mass is 10.1. The number of fused-ring (bicyclic) bond motifs is 1. The molecule has 0 radical (unpaired) electrons. The normalized spacial score (nSPS) is 10.9. The lowest BCUT2D eigenvalue weighted by Crippen LogP contribution is -2.19. The molecule has 1 unspecified atom stereocenters. The number of carbonyl (C=O) groups is 1. The van der Waals surface area contributed by atoms with E-state index in [1.165, 1.54) is 6.92 Å². The predicted octanol–water partition coefficient (Wildman–Crippen LogP) is 1.51. The zero-order valence-electron chi connectivity index (χ0n) is 12.8. The molecule has 6 heteroatoms. The molecule has 23 heavy (non-hydrogen) atoms. The van der Waals surface area contributed by atoms with Crippen LogP contribution in [0.2, 0.25) is 0 Å². The van der Waals surface area contributed by atoms with Crippen LogP contribution in [0.25, 0.3) is 11.0 Å². The Labute approximate surface area is 135 Å². The lowest BCUT2D eigenvalue weighted by Gasteiger charge is -2.07. The minimum atomic E-state index is -0.113. The van der Waals surface area contributed by atoms with E-state index in [2.05, 4.69) is 19.5 Å². The maximum absolute atomic E-state index is 12.2. The van der Waals surface area contributed by atoms with Gasteiger partial charge in [-0.3, -0.25) is 9.36 Å². The second-order valence-corrected chi connectivity index (χ2v) is 6.19. The number of imidazole rings is 1. The van der Waals surface area contributed by atoms with Gasteiger partial charge in [0.2, 0.25) is 5.91 Å². The van der Waals surface area contributed by atoms with Crippen LogP contribution in [0.5, 0.6) is 0 Å². The van der Waals surface area contributed by atoms with Gasteiger partial charge in [-0.15, -0.1) is 9.24 Å². The SMILES string of the molecule is CC(=O)NCc1ccc(Cn2c(=O)[nH]c3ccc(P)cc32)cc1. The van der Waals surface area contributed by atoms with Gasteiger partial charge in [0.15, 0.2) is 0 Å². The van der Waals surface area contributed by atoms with Crippen molar-refractivity contribution in [3.63, 3.8) is 0 Å². The average molecular weight is 327 g/mol. The van der Waals surface area contributed by atoms with E-state index in [1.807, 2.05) is 42.5 Å². The van der Waals surface area contributed by atoms with Crippen LogP contribution in [0.4, 0.5) is 0 Å². The smallest absolute Gasteiger partial charge is 0.326 e. The van der Waals surface area contributed by atoms with Crippen molar-refractivity contribution in [2.24, 2.45) is 0 Å². The Hall–Kier alpha value is -2.39. The van der Waals surface area contributed by atoms with E-state index in [0.29, 0.717) is 13.1 Å². The first kappa shape index (κ1) is 15.5. The van der Waals surface area contributed by atoms with Crippen molar-refractivity contribution in [1.82, 2.24) is 14.9 Å². The van der Waals surface area contributed by atoms with Gasteiger partial charge in [0.25, 0.3) is 0 Å². The van der Waals surface area contributed by atoms with Crippen LogP contribution in [-0.2, 0) is 17.9 Å². The Bertz CT molecular complexity index is 910. The fourth-order valence-corrected chi connectivity index (χ4v) is 2.75. The van der Waals surface area contributed by atoms with Crippen LogP contribution in [0.3, 0.4) is 0 Å². The molecule has 0 spiro atoms. The van der Waals surface area contributed by atoms with Crippen LogP contribution in [-0.4, -0.2) is 15.5 Å². The number of aromatic nitrogens is 2. The Morgan fingerprint density at radius 2 is 1.87 bits per heavy atom. The van der Waals surface area contributed by atoms with E-state index in [-0.39, 0.29) is 11.6 Å². The first-order valence-corrected chi connectivity index (χ1v) is 7.91. The molecule has 3 rings (SSSR count). The van der Waals surface area contributed by atoms with Gasteiger partial charge in [0.05, 0.1) is 17.6 Å². The zero-order valence-corrected chi connectivity index (χ0v) is 14.0. The molecule has 0 aliphatic carbocycles. The Morgan fingerprint density at radius 1 is 1.17 bits per heavy atom. The number of carbonyl (C=O) groups excluding carboxylic acids is 1. The average Bonchev–Trinajstić information content (AvgIpc) is 2.82. The third kappa shape index (κ3) is 3.51. The summed E-state index contributed by atoms with van der Waals surface area (Å²) in [7, 11) is 2.64. The number of benzene rings is 2. The molecule has 0 fully saturated rings. The van der Waals surface area contributed by atoms with Crippen molar-refractivity contribution >= 4 is 31.5 Å². The Balaban J connectivity index is 1.84. The van der Waals surface area contributed by atoms with Gasteiger partial charge in [0, 0.05) is 13.5 Å². The third-order valence-electron chi connectivity index (χ3n) is 3.70. The maximum Gasteiger partial charge on any atom is 0.326 e. The standard InChI is InChI=1S/C17H18N3O2P/c1-11(21)18-9-12-2-4-13(5-3-12)10-20-16-8-14(23)6-7-15(16)19-17(20)22/h2-8H,9-10,23H2,1H3,(H,18,21)(H,19,22). The molecule has 1 amide bonds. The van der Waals surface area contributed by atoms with E-state index in [1.54, 1.807) is 4.57 Å². The summed E-state index contributed by atoms with van der Waals surface area (Å²) in [6.07, 6.45) is 0. The summed E-state index contributed by atoms with van der Waals surface area (Å²) in [5, 5.41) is 3.80. The monoisotopic (exact) mass is 327 g/mol. The highest BCUT2D eigenvalue weighted by Gasteiger charge is 2.07. The Morgan fingerprint density at radius 3 is 2.57 bits per heavy atom. The van der Waals surface area contributed by atoms with Gasteiger partial charge in [-0.05, 0) is 28.6 Å². The molecule has 118 valence electrons.